The number of ketones is 1. The summed E-state index contributed by atoms with van der Waals surface area (Å²) in [6, 6.07) is 7.83. The first kappa shape index (κ1) is 14.3. The number of benzene rings is 1. The van der Waals surface area contributed by atoms with E-state index in [1.54, 1.807) is 0 Å². The molecule has 0 bridgehead atoms. The van der Waals surface area contributed by atoms with Gasteiger partial charge in [-0.1, -0.05) is 37.5 Å². The Bertz CT molecular complexity index is 642. The Kier molecular flexibility index (Phi) is 3.85. The second-order valence-corrected chi connectivity index (χ2v) is 5.92. The fraction of sp³-hybridized carbons (Fsp3) is 0.500. The number of aryl methyl sites for hydroxylation is 1. The minimum atomic E-state index is -0.672. The summed E-state index contributed by atoms with van der Waals surface area (Å²) in [5.74, 6) is 0.453. The highest BCUT2D eigenvalue weighted by atomic mass is 16.5. The molecular weight excluding hydrogens is 264 g/mol. The van der Waals surface area contributed by atoms with Crippen LogP contribution in [0, 0.1) is 6.92 Å². The summed E-state index contributed by atoms with van der Waals surface area (Å²) in [4.78, 5) is 13.0. The summed E-state index contributed by atoms with van der Waals surface area (Å²) < 4.78 is 11.8. The van der Waals surface area contributed by atoms with Crippen LogP contribution in [0.4, 0.5) is 0 Å². The topological polar surface area (TPSA) is 39.4 Å². The summed E-state index contributed by atoms with van der Waals surface area (Å²) in [5, 5.41) is 0.987. The Morgan fingerprint density at radius 2 is 2.05 bits per heavy atom. The van der Waals surface area contributed by atoms with Gasteiger partial charge in [-0.3, -0.25) is 4.79 Å². The van der Waals surface area contributed by atoms with Crippen LogP contribution in [0.1, 0.15) is 55.1 Å². The molecule has 0 atom stereocenters. The molecule has 0 N–H and O–H groups in total. The SMILES string of the molecule is CCOC1(C(=O)c2cc3cccc(C)c3o2)CCCCC1. The molecule has 0 radical (unpaired) electrons. The zero-order valence-corrected chi connectivity index (χ0v) is 12.8. The quantitative estimate of drug-likeness (QED) is 0.767. The van der Waals surface area contributed by atoms with Gasteiger partial charge in [-0.05, 0) is 38.3 Å². The molecule has 0 aliphatic heterocycles. The van der Waals surface area contributed by atoms with E-state index in [4.69, 9.17) is 9.15 Å². The average Bonchev–Trinajstić information content (AvgIpc) is 2.93. The number of hydrogen-bond donors (Lipinski definition) is 0. The molecule has 0 saturated heterocycles. The van der Waals surface area contributed by atoms with E-state index in [0.29, 0.717) is 12.4 Å². The molecule has 1 aliphatic carbocycles. The molecule has 0 unspecified atom stereocenters. The monoisotopic (exact) mass is 286 g/mol. The number of carbonyl (C=O) groups is 1. The Morgan fingerprint density at radius 3 is 2.71 bits per heavy atom. The smallest absolute Gasteiger partial charge is 0.229 e. The highest BCUT2D eigenvalue weighted by Crippen LogP contribution is 2.36. The maximum atomic E-state index is 13.0. The first-order valence-electron chi connectivity index (χ1n) is 7.84. The summed E-state index contributed by atoms with van der Waals surface area (Å²) in [5.41, 5.74) is 1.19. The number of rotatable bonds is 4. The molecule has 112 valence electrons. The van der Waals surface area contributed by atoms with E-state index in [9.17, 15) is 4.79 Å². The van der Waals surface area contributed by atoms with Crippen LogP contribution in [0.25, 0.3) is 11.0 Å². The normalized spacial score (nSPS) is 18.0. The molecule has 1 heterocycles. The lowest BCUT2D eigenvalue weighted by Crippen LogP contribution is -2.43. The van der Waals surface area contributed by atoms with Crippen molar-refractivity contribution in [1.82, 2.24) is 0 Å². The third-order valence-electron chi connectivity index (χ3n) is 4.46. The fourth-order valence-corrected chi connectivity index (χ4v) is 3.38. The maximum absolute atomic E-state index is 13.0. The van der Waals surface area contributed by atoms with Gasteiger partial charge in [0.1, 0.15) is 11.2 Å². The van der Waals surface area contributed by atoms with E-state index in [1.807, 2.05) is 38.1 Å². The second kappa shape index (κ2) is 5.64. The number of carbonyl (C=O) groups excluding carboxylic acids is 1. The summed E-state index contributed by atoms with van der Waals surface area (Å²) in [7, 11) is 0. The second-order valence-electron chi connectivity index (χ2n) is 5.92. The first-order valence-corrected chi connectivity index (χ1v) is 7.84. The molecule has 1 aromatic carbocycles. The standard InChI is InChI=1S/C18H22O3/c1-3-20-18(10-5-4-6-11-18)17(19)15-12-14-9-7-8-13(2)16(14)21-15/h7-9,12H,3-6,10-11H2,1-2H3. The van der Waals surface area contributed by atoms with Gasteiger partial charge in [0, 0.05) is 12.0 Å². The lowest BCUT2D eigenvalue weighted by atomic mass is 9.80. The first-order chi connectivity index (χ1) is 10.2. The van der Waals surface area contributed by atoms with Crippen LogP contribution < -0.4 is 0 Å². The maximum Gasteiger partial charge on any atom is 0.229 e. The molecule has 3 rings (SSSR count). The fourth-order valence-electron chi connectivity index (χ4n) is 3.38. The van der Waals surface area contributed by atoms with Crippen LogP contribution in [0.15, 0.2) is 28.7 Å². The predicted molar refractivity (Wildman–Crippen MR) is 82.7 cm³/mol. The molecule has 2 aromatic rings. The molecule has 1 aliphatic rings. The van der Waals surface area contributed by atoms with Crippen LogP contribution in [-0.2, 0) is 4.74 Å². The number of hydrogen-bond acceptors (Lipinski definition) is 3. The van der Waals surface area contributed by atoms with E-state index in [-0.39, 0.29) is 5.78 Å². The van der Waals surface area contributed by atoms with Crippen molar-refractivity contribution in [3.05, 3.63) is 35.6 Å². The van der Waals surface area contributed by atoms with E-state index in [2.05, 4.69) is 0 Å². The van der Waals surface area contributed by atoms with Crippen molar-refractivity contribution in [2.45, 2.75) is 51.6 Å². The van der Waals surface area contributed by atoms with E-state index in [0.717, 1.165) is 42.2 Å². The molecule has 1 saturated carbocycles. The number of para-hydroxylation sites is 1. The molecule has 1 fully saturated rings. The predicted octanol–water partition coefficient (Wildman–Crippen LogP) is 4.66. The molecule has 3 heteroatoms. The van der Waals surface area contributed by atoms with Gasteiger partial charge in [-0.25, -0.2) is 0 Å². The van der Waals surface area contributed by atoms with Crippen molar-refractivity contribution in [2.75, 3.05) is 6.61 Å². The van der Waals surface area contributed by atoms with E-state index in [1.165, 1.54) is 6.42 Å². The summed E-state index contributed by atoms with van der Waals surface area (Å²) in [6.07, 6.45) is 4.88. The molecule has 0 amide bonds. The highest BCUT2D eigenvalue weighted by Gasteiger charge is 2.42. The molecule has 1 aromatic heterocycles. The zero-order chi connectivity index (χ0) is 14.9. The summed E-state index contributed by atoms with van der Waals surface area (Å²) in [6.45, 7) is 4.51. The van der Waals surface area contributed by atoms with Gasteiger partial charge in [0.05, 0.1) is 0 Å². The Balaban J connectivity index is 1.99. The van der Waals surface area contributed by atoms with Crippen molar-refractivity contribution in [3.8, 4) is 0 Å². The van der Waals surface area contributed by atoms with Crippen molar-refractivity contribution >= 4 is 16.8 Å². The van der Waals surface area contributed by atoms with Crippen LogP contribution in [0.5, 0.6) is 0 Å². The van der Waals surface area contributed by atoms with Gasteiger partial charge in [0.2, 0.25) is 5.78 Å². The lowest BCUT2D eigenvalue weighted by molar-refractivity contribution is -0.0424. The van der Waals surface area contributed by atoms with Gasteiger partial charge in [0.15, 0.2) is 5.76 Å². The number of ether oxygens (including phenoxy) is 1. The van der Waals surface area contributed by atoms with Gasteiger partial charge in [0.25, 0.3) is 0 Å². The van der Waals surface area contributed by atoms with Crippen molar-refractivity contribution in [1.29, 1.82) is 0 Å². The number of fused-ring (bicyclic) bond motifs is 1. The van der Waals surface area contributed by atoms with Crippen LogP contribution in [0.2, 0.25) is 0 Å². The van der Waals surface area contributed by atoms with Crippen molar-refractivity contribution in [2.24, 2.45) is 0 Å². The average molecular weight is 286 g/mol. The third kappa shape index (κ3) is 2.51. The summed E-state index contributed by atoms with van der Waals surface area (Å²) >= 11 is 0. The highest BCUT2D eigenvalue weighted by molar-refractivity contribution is 6.03. The van der Waals surface area contributed by atoms with Crippen molar-refractivity contribution in [3.63, 3.8) is 0 Å². The lowest BCUT2D eigenvalue weighted by Gasteiger charge is -2.34. The Hall–Kier alpha value is -1.61. The molecule has 21 heavy (non-hydrogen) atoms. The van der Waals surface area contributed by atoms with Gasteiger partial charge < -0.3 is 9.15 Å². The van der Waals surface area contributed by atoms with Crippen LogP contribution in [-0.4, -0.2) is 18.0 Å². The van der Waals surface area contributed by atoms with Gasteiger partial charge >= 0.3 is 0 Å². The van der Waals surface area contributed by atoms with E-state index < -0.39 is 5.60 Å². The molecule has 3 nitrogen and oxygen atoms in total. The Labute approximate surface area is 125 Å². The van der Waals surface area contributed by atoms with Gasteiger partial charge in [-0.2, -0.15) is 0 Å². The molecular formula is C18H22O3. The van der Waals surface area contributed by atoms with Crippen LogP contribution >= 0.6 is 0 Å². The largest absolute Gasteiger partial charge is 0.453 e. The number of Topliss-reactive ketones (excluding diaryl/α,β-unsaturated/α-hetero) is 1. The van der Waals surface area contributed by atoms with Gasteiger partial charge in [-0.15, -0.1) is 0 Å². The Morgan fingerprint density at radius 1 is 1.29 bits per heavy atom. The van der Waals surface area contributed by atoms with Crippen LogP contribution in [0.3, 0.4) is 0 Å². The minimum absolute atomic E-state index is 0.0136. The molecule has 0 spiro atoms. The zero-order valence-electron chi connectivity index (χ0n) is 12.8. The third-order valence-corrected chi connectivity index (χ3v) is 4.46. The van der Waals surface area contributed by atoms with E-state index >= 15 is 0 Å². The number of furan rings is 1. The minimum Gasteiger partial charge on any atom is -0.453 e. The van der Waals surface area contributed by atoms with Crippen molar-refractivity contribution < 1.29 is 13.9 Å².